The van der Waals surface area contributed by atoms with E-state index in [0.717, 1.165) is 24.9 Å². The van der Waals surface area contributed by atoms with E-state index in [-0.39, 0.29) is 5.56 Å². The molecule has 0 atom stereocenters. The first-order valence-electron chi connectivity index (χ1n) is 5.31. The van der Waals surface area contributed by atoms with Gasteiger partial charge in [0, 0.05) is 12.1 Å². The first-order chi connectivity index (χ1) is 7.24. The Kier molecular flexibility index (Phi) is 5.26. The monoisotopic (exact) mass is 213 g/mol. The summed E-state index contributed by atoms with van der Waals surface area (Å²) in [5, 5.41) is 3.22. The fraction of sp³-hybridized carbons (Fsp3) is 0.500. The van der Waals surface area contributed by atoms with E-state index in [1.807, 2.05) is 6.07 Å². The van der Waals surface area contributed by atoms with E-state index in [1.54, 1.807) is 12.1 Å². The van der Waals surface area contributed by atoms with Crippen molar-refractivity contribution in [3.63, 3.8) is 0 Å². The highest BCUT2D eigenvalue weighted by atomic mass is 19.3. The zero-order valence-electron chi connectivity index (χ0n) is 8.97. The molecule has 0 unspecified atom stereocenters. The topological polar surface area (TPSA) is 12.0 Å². The Bertz CT molecular complexity index is 287. The molecule has 1 N–H and O–H groups in total. The smallest absolute Gasteiger partial charge is 0.263 e. The van der Waals surface area contributed by atoms with Crippen LogP contribution < -0.4 is 5.32 Å². The van der Waals surface area contributed by atoms with Crippen LogP contribution in [0.1, 0.15) is 37.3 Å². The fourth-order valence-corrected chi connectivity index (χ4v) is 1.37. The molecular weight excluding hydrogens is 196 g/mol. The lowest BCUT2D eigenvalue weighted by Crippen LogP contribution is -2.14. The number of halogens is 2. The molecule has 1 rings (SSSR count). The van der Waals surface area contributed by atoms with Crippen molar-refractivity contribution in [2.24, 2.45) is 0 Å². The summed E-state index contributed by atoms with van der Waals surface area (Å²) in [5.41, 5.74) is 1.02. The third-order valence-corrected chi connectivity index (χ3v) is 2.24. The number of hydrogen-bond donors (Lipinski definition) is 1. The van der Waals surface area contributed by atoms with Crippen molar-refractivity contribution in [1.82, 2.24) is 5.32 Å². The minimum Gasteiger partial charge on any atom is -0.313 e. The number of rotatable bonds is 6. The quantitative estimate of drug-likeness (QED) is 0.713. The Morgan fingerprint density at radius 2 is 2.13 bits per heavy atom. The Balaban J connectivity index is 2.43. The molecule has 0 aliphatic rings. The van der Waals surface area contributed by atoms with Crippen LogP contribution in [0.3, 0.4) is 0 Å². The van der Waals surface area contributed by atoms with E-state index in [9.17, 15) is 8.78 Å². The van der Waals surface area contributed by atoms with Crippen molar-refractivity contribution >= 4 is 0 Å². The average Bonchev–Trinajstić information content (AvgIpc) is 2.25. The van der Waals surface area contributed by atoms with Gasteiger partial charge in [-0.1, -0.05) is 31.5 Å². The van der Waals surface area contributed by atoms with Crippen LogP contribution in [0.4, 0.5) is 8.78 Å². The zero-order valence-corrected chi connectivity index (χ0v) is 8.97. The van der Waals surface area contributed by atoms with Gasteiger partial charge in [0.15, 0.2) is 0 Å². The summed E-state index contributed by atoms with van der Waals surface area (Å²) >= 11 is 0. The van der Waals surface area contributed by atoms with Gasteiger partial charge in [0.1, 0.15) is 0 Å². The highest BCUT2D eigenvalue weighted by Gasteiger charge is 2.06. The molecule has 0 amide bonds. The number of alkyl halides is 2. The minimum atomic E-state index is -2.37. The summed E-state index contributed by atoms with van der Waals surface area (Å²) in [6.07, 6.45) is -0.112. The van der Waals surface area contributed by atoms with Gasteiger partial charge in [0.25, 0.3) is 6.43 Å². The third kappa shape index (κ3) is 4.38. The SMILES string of the molecule is CCCCNCc1cccc(C(F)F)c1. The molecule has 1 aromatic rings. The van der Waals surface area contributed by atoms with Crippen LogP contribution in [0.2, 0.25) is 0 Å². The van der Waals surface area contributed by atoms with Gasteiger partial charge in [-0.25, -0.2) is 8.78 Å². The van der Waals surface area contributed by atoms with Crippen LogP contribution in [0, 0.1) is 0 Å². The van der Waals surface area contributed by atoms with Crippen molar-refractivity contribution in [1.29, 1.82) is 0 Å². The molecule has 0 saturated heterocycles. The Labute approximate surface area is 89.5 Å². The molecular formula is C12H17F2N. The lowest BCUT2D eigenvalue weighted by atomic mass is 10.1. The molecule has 0 bridgehead atoms. The molecule has 0 aliphatic carbocycles. The van der Waals surface area contributed by atoms with Crippen molar-refractivity contribution in [3.05, 3.63) is 35.4 Å². The minimum absolute atomic E-state index is 0.102. The second kappa shape index (κ2) is 6.51. The molecule has 1 nitrogen and oxygen atoms in total. The van der Waals surface area contributed by atoms with Gasteiger partial charge < -0.3 is 5.32 Å². The van der Waals surface area contributed by atoms with Crippen LogP contribution >= 0.6 is 0 Å². The highest BCUT2D eigenvalue weighted by Crippen LogP contribution is 2.19. The van der Waals surface area contributed by atoms with Crippen LogP contribution in [0.15, 0.2) is 24.3 Å². The summed E-state index contributed by atoms with van der Waals surface area (Å²) in [7, 11) is 0. The molecule has 0 heterocycles. The molecule has 0 radical (unpaired) electrons. The molecule has 15 heavy (non-hydrogen) atoms. The first kappa shape index (κ1) is 12.1. The van der Waals surface area contributed by atoms with Gasteiger partial charge in [-0.15, -0.1) is 0 Å². The summed E-state index contributed by atoms with van der Waals surface area (Å²) in [5.74, 6) is 0. The van der Waals surface area contributed by atoms with Crippen LogP contribution in [0.25, 0.3) is 0 Å². The van der Waals surface area contributed by atoms with Crippen molar-refractivity contribution < 1.29 is 8.78 Å². The van der Waals surface area contributed by atoms with Crippen LogP contribution in [-0.2, 0) is 6.54 Å². The van der Waals surface area contributed by atoms with E-state index in [0.29, 0.717) is 6.54 Å². The van der Waals surface area contributed by atoms with Gasteiger partial charge in [-0.2, -0.15) is 0 Å². The molecule has 0 spiro atoms. The summed E-state index contributed by atoms with van der Waals surface area (Å²) in [4.78, 5) is 0. The zero-order chi connectivity index (χ0) is 11.1. The third-order valence-electron chi connectivity index (χ3n) is 2.24. The van der Waals surface area contributed by atoms with Gasteiger partial charge in [0.05, 0.1) is 0 Å². The second-order valence-electron chi connectivity index (χ2n) is 3.58. The number of nitrogens with one attached hydrogen (secondary N) is 1. The van der Waals surface area contributed by atoms with E-state index < -0.39 is 6.43 Å². The Morgan fingerprint density at radius 3 is 2.80 bits per heavy atom. The molecule has 0 aromatic heterocycles. The summed E-state index contributed by atoms with van der Waals surface area (Å²) in [6, 6.07) is 6.56. The fourth-order valence-electron chi connectivity index (χ4n) is 1.37. The molecule has 0 aliphatic heterocycles. The van der Waals surface area contributed by atoms with Gasteiger partial charge in [-0.3, -0.25) is 0 Å². The van der Waals surface area contributed by atoms with Gasteiger partial charge in [-0.05, 0) is 24.6 Å². The summed E-state index contributed by atoms with van der Waals surface area (Å²) < 4.78 is 24.7. The number of benzene rings is 1. The highest BCUT2D eigenvalue weighted by molar-refractivity contribution is 5.24. The molecule has 0 fully saturated rings. The molecule has 3 heteroatoms. The summed E-state index contributed by atoms with van der Waals surface area (Å²) in [6.45, 7) is 3.73. The normalized spacial score (nSPS) is 10.9. The Hall–Kier alpha value is -0.960. The van der Waals surface area contributed by atoms with E-state index in [1.165, 1.54) is 6.07 Å². The lowest BCUT2D eigenvalue weighted by molar-refractivity contribution is 0.151. The first-order valence-corrected chi connectivity index (χ1v) is 5.31. The van der Waals surface area contributed by atoms with Crippen molar-refractivity contribution in [3.8, 4) is 0 Å². The maximum atomic E-state index is 12.4. The maximum absolute atomic E-state index is 12.4. The largest absolute Gasteiger partial charge is 0.313 e. The van der Waals surface area contributed by atoms with Crippen molar-refractivity contribution in [2.75, 3.05) is 6.54 Å². The van der Waals surface area contributed by atoms with E-state index in [2.05, 4.69) is 12.2 Å². The standard InChI is InChI=1S/C12H17F2N/c1-2-3-7-15-9-10-5-4-6-11(8-10)12(13)14/h4-6,8,12,15H,2-3,7,9H2,1H3. The Morgan fingerprint density at radius 1 is 1.33 bits per heavy atom. The molecule has 1 aromatic carbocycles. The van der Waals surface area contributed by atoms with Gasteiger partial charge >= 0.3 is 0 Å². The predicted molar refractivity (Wildman–Crippen MR) is 58.0 cm³/mol. The number of hydrogen-bond acceptors (Lipinski definition) is 1. The average molecular weight is 213 g/mol. The van der Waals surface area contributed by atoms with Crippen LogP contribution in [0.5, 0.6) is 0 Å². The van der Waals surface area contributed by atoms with Crippen LogP contribution in [-0.4, -0.2) is 6.54 Å². The molecule has 84 valence electrons. The van der Waals surface area contributed by atoms with E-state index in [4.69, 9.17) is 0 Å². The van der Waals surface area contributed by atoms with Gasteiger partial charge in [0.2, 0.25) is 0 Å². The predicted octanol–water partition coefficient (Wildman–Crippen LogP) is 3.51. The second-order valence-corrected chi connectivity index (χ2v) is 3.58. The van der Waals surface area contributed by atoms with Crippen molar-refractivity contribution in [2.45, 2.75) is 32.7 Å². The maximum Gasteiger partial charge on any atom is 0.263 e. The lowest BCUT2D eigenvalue weighted by Gasteiger charge is -2.06. The number of unbranched alkanes of at least 4 members (excludes halogenated alkanes) is 1. The molecule has 0 saturated carbocycles. The van der Waals surface area contributed by atoms with E-state index >= 15 is 0 Å².